The zero-order valence-corrected chi connectivity index (χ0v) is 14.4. The lowest BCUT2D eigenvalue weighted by Crippen LogP contribution is -2.39. The van der Waals surface area contributed by atoms with Crippen LogP contribution in [0.1, 0.15) is 12.8 Å². The van der Waals surface area contributed by atoms with Crippen molar-refractivity contribution in [2.24, 2.45) is 11.8 Å². The van der Waals surface area contributed by atoms with Crippen LogP contribution in [-0.2, 0) is 19.4 Å². The highest BCUT2D eigenvalue weighted by molar-refractivity contribution is 7.91. The second kappa shape index (κ2) is 6.36. The number of carbonyl (C=O) groups is 2. The lowest BCUT2D eigenvalue weighted by atomic mass is 10.2. The summed E-state index contributed by atoms with van der Waals surface area (Å²) in [5.41, 5.74) is 0.122. The third kappa shape index (κ3) is 3.81. The molecule has 1 aliphatic heterocycles. The van der Waals surface area contributed by atoms with Crippen molar-refractivity contribution in [2.45, 2.75) is 18.9 Å². The standard InChI is InChI=1S/C16H18F2N2O4S/c1-20(10-4-5-25(23,24)8-10)16(22)12-7-11(12)15(21)19-9-2-3-13(17)14(18)6-9/h2-3,6,10-12H,4-5,7-8H2,1H3,(H,19,21). The molecule has 0 radical (unpaired) electrons. The van der Waals surface area contributed by atoms with E-state index in [1.165, 1.54) is 11.0 Å². The van der Waals surface area contributed by atoms with Crippen molar-refractivity contribution in [3.63, 3.8) is 0 Å². The molecule has 2 fully saturated rings. The van der Waals surface area contributed by atoms with Crippen LogP contribution in [0.15, 0.2) is 18.2 Å². The van der Waals surface area contributed by atoms with Gasteiger partial charge in [0.05, 0.1) is 23.3 Å². The summed E-state index contributed by atoms with van der Waals surface area (Å²) in [5, 5.41) is 2.47. The fourth-order valence-electron chi connectivity index (χ4n) is 3.09. The summed E-state index contributed by atoms with van der Waals surface area (Å²) in [6.07, 6.45) is 0.765. The smallest absolute Gasteiger partial charge is 0.228 e. The van der Waals surface area contributed by atoms with Gasteiger partial charge >= 0.3 is 0 Å². The largest absolute Gasteiger partial charge is 0.341 e. The average Bonchev–Trinajstić information content (AvgIpc) is 3.27. The van der Waals surface area contributed by atoms with Gasteiger partial charge in [0, 0.05) is 24.8 Å². The van der Waals surface area contributed by atoms with Crippen molar-refractivity contribution >= 4 is 27.3 Å². The topological polar surface area (TPSA) is 83.6 Å². The Labute approximate surface area is 144 Å². The second-order valence-electron chi connectivity index (χ2n) is 6.57. The molecule has 136 valence electrons. The molecule has 25 heavy (non-hydrogen) atoms. The number of halogens is 2. The summed E-state index contributed by atoms with van der Waals surface area (Å²) >= 11 is 0. The van der Waals surface area contributed by atoms with Gasteiger partial charge in [-0.25, -0.2) is 17.2 Å². The first-order valence-corrected chi connectivity index (χ1v) is 9.73. The molecule has 1 saturated carbocycles. The molecule has 2 aliphatic rings. The van der Waals surface area contributed by atoms with Crippen molar-refractivity contribution in [3.05, 3.63) is 29.8 Å². The molecule has 1 aromatic rings. The van der Waals surface area contributed by atoms with Crippen LogP contribution < -0.4 is 5.32 Å². The normalized spacial score (nSPS) is 26.9. The highest BCUT2D eigenvalue weighted by Crippen LogP contribution is 2.41. The summed E-state index contributed by atoms with van der Waals surface area (Å²) in [6, 6.07) is 2.68. The Morgan fingerprint density at radius 2 is 1.92 bits per heavy atom. The van der Waals surface area contributed by atoms with E-state index in [0.29, 0.717) is 12.8 Å². The molecule has 9 heteroatoms. The molecule has 3 unspecified atom stereocenters. The van der Waals surface area contributed by atoms with Gasteiger partial charge in [0.15, 0.2) is 21.5 Å². The Morgan fingerprint density at radius 1 is 1.20 bits per heavy atom. The summed E-state index contributed by atoms with van der Waals surface area (Å²) < 4.78 is 49.1. The van der Waals surface area contributed by atoms with Gasteiger partial charge in [0.1, 0.15) is 0 Å². The van der Waals surface area contributed by atoms with Crippen LogP contribution in [0.3, 0.4) is 0 Å². The van der Waals surface area contributed by atoms with Gasteiger partial charge in [-0.3, -0.25) is 9.59 Å². The maximum atomic E-state index is 13.2. The molecule has 1 heterocycles. The van der Waals surface area contributed by atoms with Crippen molar-refractivity contribution in [2.75, 3.05) is 23.9 Å². The van der Waals surface area contributed by atoms with E-state index in [-0.39, 0.29) is 29.1 Å². The predicted molar refractivity (Wildman–Crippen MR) is 86.4 cm³/mol. The van der Waals surface area contributed by atoms with Crippen LogP contribution in [0.4, 0.5) is 14.5 Å². The quantitative estimate of drug-likeness (QED) is 0.860. The third-order valence-corrected chi connectivity index (χ3v) is 6.49. The summed E-state index contributed by atoms with van der Waals surface area (Å²) in [4.78, 5) is 26.0. The number of rotatable bonds is 4. The fraction of sp³-hybridized carbons (Fsp3) is 0.500. The van der Waals surface area contributed by atoms with E-state index in [1.807, 2.05) is 0 Å². The van der Waals surface area contributed by atoms with Crippen LogP contribution in [0.2, 0.25) is 0 Å². The van der Waals surface area contributed by atoms with E-state index in [9.17, 15) is 26.8 Å². The summed E-state index contributed by atoms with van der Waals surface area (Å²) in [7, 11) is -1.54. The molecule has 0 bridgehead atoms. The van der Waals surface area contributed by atoms with Crippen LogP contribution in [-0.4, -0.2) is 49.7 Å². The molecule has 3 atom stereocenters. The van der Waals surface area contributed by atoms with Gasteiger partial charge in [0.2, 0.25) is 11.8 Å². The number of nitrogens with one attached hydrogen (secondary N) is 1. The van der Waals surface area contributed by atoms with Crippen LogP contribution in [0.5, 0.6) is 0 Å². The SMILES string of the molecule is CN(C(=O)C1CC1C(=O)Nc1ccc(F)c(F)c1)C1CCS(=O)(=O)C1. The zero-order chi connectivity index (χ0) is 18.4. The van der Waals surface area contributed by atoms with E-state index in [1.54, 1.807) is 7.05 Å². The van der Waals surface area contributed by atoms with E-state index < -0.39 is 39.2 Å². The molecule has 1 aromatic carbocycles. The minimum atomic E-state index is -3.10. The van der Waals surface area contributed by atoms with Crippen LogP contribution in [0, 0.1) is 23.5 Å². The molecule has 1 saturated heterocycles. The van der Waals surface area contributed by atoms with Gasteiger partial charge in [-0.15, -0.1) is 0 Å². The number of sulfone groups is 1. The fourth-order valence-corrected chi connectivity index (χ4v) is 4.86. The number of carbonyl (C=O) groups excluding carboxylic acids is 2. The van der Waals surface area contributed by atoms with Gasteiger partial charge in [-0.05, 0) is 25.0 Å². The summed E-state index contributed by atoms with van der Waals surface area (Å²) in [6.45, 7) is 0. The monoisotopic (exact) mass is 372 g/mol. The van der Waals surface area contributed by atoms with Gasteiger partial charge < -0.3 is 10.2 Å². The Bertz CT molecular complexity index is 827. The Hall–Kier alpha value is -2.03. The molecular formula is C16H18F2N2O4S. The summed E-state index contributed by atoms with van der Waals surface area (Å²) in [5.74, 6) is -3.79. The second-order valence-corrected chi connectivity index (χ2v) is 8.80. The maximum absolute atomic E-state index is 13.2. The highest BCUT2D eigenvalue weighted by atomic mass is 32.2. The predicted octanol–water partition coefficient (Wildman–Crippen LogP) is 1.18. The molecule has 0 aromatic heterocycles. The maximum Gasteiger partial charge on any atom is 0.228 e. The van der Waals surface area contributed by atoms with Gasteiger partial charge in [-0.1, -0.05) is 0 Å². The van der Waals surface area contributed by atoms with Crippen molar-refractivity contribution in [1.82, 2.24) is 4.90 Å². The van der Waals surface area contributed by atoms with Crippen molar-refractivity contribution < 1.29 is 26.8 Å². The molecule has 1 aliphatic carbocycles. The van der Waals surface area contributed by atoms with Crippen molar-refractivity contribution in [1.29, 1.82) is 0 Å². The van der Waals surface area contributed by atoms with E-state index in [4.69, 9.17) is 0 Å². The zero-order valence-electron chi connectivity index (χ0n) is 13.5. The van der Waals surface area contributed by atoms with Gasteiger partial charge in [-0.2, -0.15) is 0 Å². The minimum absolute atomic E-state index is 0.0479. The molecular weight excluding hydrogens is 354 g/mol. The minimum Gasteiger partial charge on any atom is -0.341 e. The molecule has 3 rings (SSSR count). The molecule has 6 nitrogen and oxygen atoms in total. The highest BCUT2D eigenvalue weighted by Gasteiger charge is 2.50. The lowest BCUT2D eigenvalue weighted by Gasteiger charge is -2.23. The molecule has 2 amide bonds. The third-order valence-electron chi connectivity index (χ3n) is 4.74. The van der Waals surface area contributed by atoms with E-state index >= 15 is 0 Å². The number of benzene rings is 1. The van der Waals surface area contributed by atoms with E-state index in [0.717, 1.165) is 12.1 Å². The van der Waals surface area contributed by atoms with Crippen LogP contribution >= 0.6 is 0 Å². The first-order valence-electron chi connectivity index (χ1n) is 7.91. The Morgan fingerprint density at radius 3 is 2.52 bits per heavy atom. The number of hydrogen-bond acceptors (Lipinski definition) is 4. The number of anilines is 1. The number of hydrogen-bond donors (Lipinski definition) is 1. The Balaban J connectivity index is 1.57. The van der Waals surface area contributed by atoms with E-state index in [2.05, 4.69) is 5.32 Å². The number of nitrogens with zero attached hydrogens (tertiary/aromatic N) is 1. The Kier molecular flexibility index (Phi) is 4.52. The molecule has 1 N–H and O–H groups in total. The molecule has 0 spiro atoms. The van der Waals surface area contributed by atoms with Crippen LogP contribution in [0.25, 0.3) is 0 Å². The van der Waals surface area contributed by atoms with Crippen molar-refractivity contribution in [3.8, 4) is 0 Å². The lowest BCUT2D eigenvalue weighted by molar-refractivity contribution is -0.134. The van der Waals surface area contributed by atoms with Gasteiger partial charge in [0.25, 0.3) is 0 Å². The first kappa shape index (κ1) is 17.8. The average molecular weight is 372 g/mol. The first-order chi connectivity index (χ1) is 11.7. The number of amides is 2.